The zero-order valence-corrected chi connectivity index (χ0v) is 9.95. The van der Waals surface area contributed by atoms with E-state index in [-0.39, 0.29) is 12.0 Å². The van der Waals surface area contributed by atoms with E-state index in [1.165, 1.54) is 6.42 Å². The van der Waals surface area contributed by atoms with E-state index in [0.717, 1.165) is 19.4 Å². The first-order chi connectivity index (χ1) is 6.90. The van der Waals surface area contributed by atoms with Crippen LogP contribution in [0.4, 0.5) is 0 Å². The van der Waals surface area contributed by atoms with Gasteiger partial charge in [-0.2, -0.15) is 0 Å². The molecule has 4 N–H and O–H groups in total. The van der Waals surface area contributed by atoms with Crippen LogP contribution in [-0.4, -0.2) is 30.2 Å². The number of hydrogen-bond donors (Lipinski definition) is 2. The maximum atomic E-state index is 11.7. The first kappa shape index (κ1) is 12.5. The van der Waals surface area contributed by atoms with Gasteiger partial charge in [0.25, 0.3) is 0 Å². The van der Waals surface area contributed by atoms with Crippen molar-refractivity contribution in [3.8, 4) is 0 Å². The molecule has 1 rings (SSSR count). The molecule has 0 aromatic rings. The van der Waals surface area contributed by atoms with Gasteiger partial charge in [-0.15, -0.1) is 0 Å². The van der Waals surface area contributed by atoms with Crippen molar-refractivity contribution in [2.75, 3.05) is 6.54 Å². The third-order valence-corrected chi connectivity index (χ3v) is 2.60. The molecule has 1 fully saturated rings. The van der Waals surface area contributed by atoms with E-state index in [9.17, 15) is 4.79 Å². The van der Waals surface area contributed by atoms with Crippen LogP contribution in [0.15, 0.2) is 0 Å². The lowest BCUT2D eigenvalue weighted by Gasteiger charge is -2.27. The molecule has 4 nitrogen and oxygen atoms in total. The summed E-state index contributed by atoms with van der Waals surface area (Å²) in [5, 5.41) is 2.16. The number of carbonyl (C=O) groups excluding carboxylic acids is 1. The summed E-state index contributed by atoms with van der Waals surface area (Å²) in [6.45, 7) is 6.66. The molecule has 15 heavy (non-hydrogen) atoms. The maximum absolute atomic E-state index is 11.7. The zero-order chi connectivity index (χ0) is 11.5. The Kier molecular flexibility index (Phi) is 4.11. The number of ether oxygens (including phenoxy) is 1. The molecule has 1 saturated heterocycles. The highest BCUT2D eigenvalue weighted by atomic mass is 16.6. The molecule has 0 saturated carbocycles. The maximum Gasteiger partial charge on any atom is 0.329 e. The molecule has 0 amide bonds. The van der Waals surface area contributed by atoms with E-state index in [2.05, 4.69) is 5.32 Å². The molecule has 2 atom stereocenters. The predicted octanol–water partition coefficient (Wildman–Crippen LogP) is -0.229. The Labute approximate surface area is 91.5 Å². The molecule has 0 bridgehead atoms. The summed E-state index contributed by atoms with van der Waals surface area (Å²) in [5.74, 6) is -0.273. The van der Waals surface area contributed by atoms with Crippen LogP contribution < -0.4 is 11.1 Å². The monoisotopic (exact) mass is 215 g/mol. The van der Waals surface area contributed by atoms with Gasteiger partial charge in [0, 0.05) is 6.42 Å². The highest BCUT2D eigenvalue weighted by Gasteiger charge is 2.32. The highest BCUT2D eigenvalue weighted by molar-refractivity contribution is 5.76. The highest BCUT2D eigenvalue weighted by Crippen LogP contribution is 2.11. The first-order valence-electron chi connectivity index (χ1n) is 5.72. The van der Waals surface area contributed by atoms with Gasteiger partial charge < -0.3 is 15.8 Å². The standard InChI is InChI=1S/C11H22N2O2/c1-11(2,3)15-10(14)9(12)8-6-4-5-7-13-8/h8-9,13H,4-7,12H2,1-3H3/p+1/t8-,9-/m0/s1. The number of rotatable bonds is 2. The molecule has 1 aliphatic rings. The van der Waals surface area contributed by atoms with E-state index in [0.29, 0.717) is 0 Å². The quantitative estimate of drug-likeness (QED) is 0.625. The molecule has 0 unspecified atom stereocenters. The molecule has 1 aliphatic heterocycles. The molecular formula is C11H23N2O2+. The fourth-order valence-electron chi connectivity index (χ4n) is 1.84. The second kappa shape index (κ2) is 4.94. The average molecular weight is 215 g/mol. The van der Waals surface area contributed by atoms with Crippen LogP contribution >= 0.6 is 0 Å². The third kappa shape index (κ3) is 4.18. The van der Waals surface area contributed by atoms with Crippen molar-refractivity contribution >= 4 is 5.97 Å². The summed E-state index contributed by atoms with van der Waals surface area (Å²) >= 11 is 0. The topological polar surface area (TPSA) is 68.9 Å². The minimum atomic E-state index is -0.482. The Hall–Kier alpha value is -0.610. The summed E-state index contributed by atoms with van der Waals surface area (Å²) in [5.41, 5.74) is 5.45. The lowest BCUT2D eigenvalue weighted by molar-refractivity contribution is -0.697. The summed E-state index contributed by atoms with van der Waals surface area (Å²) in [6, 6.07) is -0.280. The Bertz CT molecular complexity index is 217. The summed E-state index contributed by atoms with van der Waals surface area (Å²) in [4.78, 5) is 11.7. The molecular weight excluding hydrogens is 192 g/mol. The molecule has 0 spiro atoms. The summed E-state index contributed by atoms with van der Waals surface area (Å²) < 4.78 is 5.27. The average Bonchev–Trinajstić information content (AvgIpc) is 2.15. The number of esters is 1. The molecule has 0 radical (unpaired) electrons. The van der Waals surface area contributed by atoms with Crippen LogP contribution in [0.2, 0.25) is 0 Å². The van der Waals surface area contributed by atoms with Crippen molar-refractivity contribution in [2.45, 2.75) is 57.7 Å². The Morgan fingerprint density at radius 1 is 1.47 bits per heavy atom. The number of piperidine rings is 1. The second-order valence-corrected chi connectivity index (χ2v) is 5.24. The van der Waals surface area contributed by atoms with E-state index >= 15 is 0 Å². The van der Waals surface area contributed by atoms with Crippen molar-refractivity contribution in [2.24, 2.45) is 5.73 Å². The van der Waals surface area contributed by atoms with E-state index in [1.54, 1.807) is 0 Å². The smallest absolute Gasteiger partial charge is 0.329 e. The minimum absolute atomic E-state index is 0.202. The third-order valence-electron chi connectivity index (χ3n) is 2.60. The largest absolute Gasteiger partial charge is 0.459 e. The molecule has 0 aromatic heterocycles. The molecule has 1 heterocycles. The van der Waals surface area contributed by atoms with Crippen LogP contribution in [0.25, 0.3) is 0 Å². The Balaban J connectivity index is 2.44. The first-order valence-corrected chi connectivity index (χ1v) is 5.72. The van der Waals surface area contributed by atoms with Crippen LogP contribution in [0, 0.1) is 0 Å². The minimum Gasteiger partial charge on any atom is -0.459 e. The van der Waals surface area contributed by atoms with Gasteiger partial charge in [0.05, 0.1) is 6.54 Å². The van der Waals surface area contributed by atoms with Crippen LogP contribution in [-0.2, 0) is 9.53 Å². The van der Waals surface area contributed by atoms with Crippen molar-refractivity contribution in [1.82, 2.24) is 0 Å². The van der Waals surface area contributed by atoms with Crippen molar-refractivity contribution in [3.63, 3.8) is 0 Å². The van der Waals surface area contributed by atoms with E-state index < -0.39 is 11.6 Å². The number of quaternary nitrogens is 1. The molecule has 0 aromatic carbocycles. The van der Waals surface area contributed by atoms with E-state index in [4.69, 9.17) is 10.5 Å². The fourth-order valence-corrected chi connectivity index (χ4v) is 1.84. The lowest BCUT2D eigenvalue weighted by atomic mass is 9.98. The predicted molar refractivity (Wildman–Crippen MR) is 58.3 cm³/mol. The normalized spacial score (nSPS) is 24.7. The molecule has 4 heteroatoms. The van der Waals surface area contributed by atoms with Gasteiger partial charge in [0.1, 0.15) is 11.6 Å². The second-order valence-electron chi connectivity index (χ2n) is 5.24. The summed E-state index contributed by atoms with van der Waals surface area (Å²) in [7, 11) is 0. The lowest BCUT2D eigenvalue weighted by Crippen LogP contribution is -2.95. The van der Waals surface area contributed by atoms with Gasteiger partial charge in [0.15, 0.2) is 6.04 Å². The van der Waals surface area contributed by atoms with Crippen LogP contribution in [0.3, 0.4) is 0 Å². The van der Waals surface area contributed by atoms with Crippen molar-refractivity contribution in [3.05, 3.63) is 0 Å². The van der Waals surface area contributed by atoms with Gasteiger partial charge in [-0.05, 0) is 33.6 Å². The van der Waals surface area contributed by atoms with Crippen molar-refractivity contribution in [1.29, 1.82) is 0 Å². The zero-order valence-electron chi connectivity index (χ0n) is 9.95. The molecule has 0 aliphatic carbocycles. The Morgan fingerprint density at radius 2 is 2.13 bits per heavy atom. The van der Waals surface area contributed by atoms with Crippen molar-refractivity contribution < 1.29 is 14.8 Å². The summed E-state index contributed by atoms with van der Waals surface area (Å²) in [6.07, 6.45) is 3.40. The van der Waals surface area contributed by atoms with Crippen LogP contribution in [0.5, 0.6) is 0 Å². The molecule has 88 valence electrons. The van der Waals surface area contributed by atoms with Crippen LogP contribution in [0.1, 0.15) is 40.0 Å². The van der Waals surface area contributed by atoms with Gasteiger partial charge in [-0.3, -0.25) is 4.79 Å². The van der Waals surface area contributed by atoms with Gasteiger partial charge >= 0.3 is 5.97 Å². The number of hydrogen-bond acceptors (Lipinski definition) is 3. The number of carbonyl (C=O) groups is 1. The van der Waals surface area contributed by atoms with Gasteiger partial charge in [-0.25, -0.2) is 0 Å². The number of nitrogens with two attached hydrogens (primary N) is 2. The van der Waals surface area contributed by atoms with E-state index in [1.807, 2.05) is 20.8 Å². The van der Waals surface area contributed by atoms with Gasteiger partial charge in [0.2, 0.25) is 0 Å². The van der Waals surface area contributed by atoms with Gasteiger partial charge in [-0.1, -0.05) is 0 Å². The fraction of sp³-hybridized carbons (Fsp3) is 0.909. The Morgan fingerprint density at radius 3 is 2.60 bits per heavy atom. The SMILES string of the molecule is CC(C)(C)OC(=O)[C@@H](N)[C@@H]1CCCC[NH2+]1.